The lowest BCUT2D eigenvalue weighted by molar-refractivity contribution is -0.137. The average molecular weight is 356 g/mol. The van der Waals surface area contributed by atoms with Crippen LogP contribution in [-0.2, 0) is 24.1 Å². The second kappa shape index (κ2) is 7.81. The van der Waals surface area contributed by atoms with E-state index in [1.54, 1.807) is 23.3 Å². The molecule has 0 aliphatic carbocycles. The van der Waals surface area contributed by atoms with E-state index < -0.39 is 11.7 Å². The van der Waals surface area contributed by atoms with Crippen molar-refractivity contribution in [1.82, 2.24) is 10.2 Å². The van der Waals surface area contributed by atoms with Gasteiger partial charge < -0.3 is 5.32 Å². The van der Waals surface area contributed by atoms with Gasteiger partial charge in [0.2, 0.25) is 5.91 Å². The Morgan fingerprint density at radius 2 is 1.88 bits per heavy atom. The third kappa shape index (κ3) is 5.35. The second-order valence-corrected chi connectivity index (χ2v) is 6.67. The van der Waals surface area contributed by atoms with Gasteiger partial charge in [0.25, 0.3) is 0 Å². The van der Waals surface area contributed by atoms with E-state index in [2.05, 4.69) is 5.32 Å². The van der Waals surface area contributed by atoms with Gasteiger partial charge in [0.05, 0.1) is 18.7 Å². The summed E-state index contributed by atoms with van der Waals surface area (Å²) in [6.45, 7) is 3.08. The third-order valence-corrected chi connectivity index (χ3v) is 4.58. The van der Waals surface area contributed by atoms with E-state index in [0.717, 1.165) is 28.1 Å². The van der Waals surface area contributed by atoms with Crippen LogP contribution in [0.1, 0.15) is 21.6 Å². The molecule has 2 aromatic rings. The fourth-order valence-electron chi connectivity index (χ4n) is 2.23. The number of halogens is 3. The predicted octanol–water partition coefficient (Wildman–Crippen LogP) is 3.82. The van der Waals surface area contributed by atoms with Crippen molar-refractivity contribution >= 4 is 17.2 Å². The number of amides is 1. The number of thiophene rings is 1. The van der Waals surface area contributed by atoms with Gasteiger partial charge in [0.15, 0.2) is 0 Å². The Morgan fingerprint density at radius 3 is 2.42 bits per heavy atom. The monoisotopic (exact) mass is 356 g/mol. The highest BCUT2D eigenvalue weighted by molar-refractivity contribution is 7.10. The average Bonchev–Trinajstić information content (AvgIpc) is 2.90. The van der Waals surface area contributed by atoms with Crippen LogP contribution < -0.4 is 5.32 Å². The number of alkyl halides is 3. The lowest BCUT2D eigenvalue weighted by Gasteiger charge is -2.17. The summed E-state index contributed by atoms with van der Waals surface area (Å²) in [6.07, 6.45) is -4.33. The van der Waals surface area contributed by atoms with Crippen molar-refractivity contribution in [1.29, 1.82) is 0 Å². The normalized spacial score (nSPS) is 11.8. The van der Waals surface area contributed by atoms with Crippen molar-refractivity contribution in [3.05, 3.63) is 57.3 Å². The predicted molar refractivity (Wildman–Crippen MR) is 88.7 cm³/mol. The summed E-state index contributed by atoms with van der Waals surface area (Å²) < 4.78 is 37.6. The number of hydrogen-bond acceptors (Lipinski definition) is 3. The Kier molecular flexibility index (Phi) is 6.01. The lowest BCUT2D eigenvalue weighted by Crippen LogP contribution is -2.34. The molecule has 0 fully saturated rings. The van der Waals surface area contributed by atoms with Crippen LogP contribution >= 0.6 is 11.3 Å². The van der Waals surface area contributed by atoms with Crippen LogP contribution in [-0.4, -0.2) is 24.4 Å². The number of benzene rings is 1. The number of likely N-dealkylation sites (N-methyl/N-ethyl adjacent to an activating group) is 1. The zero-order chi connectivity index (χ0) is 17.7. The van der Waals surface area contributed by atoms with Gasteiger partial charge >= 0.3 is 6.18 Å². The van der Waals surface area contributed by atoms with Crippen molar-refractivity contribution in [2.24, 2.45) is 0 Å². The van der Waals surface area contributed by atoms with E-state index in [9.17, 15) is 18.0 Å². The molecule has 1 aromatic heterocycles. The summed E-state index contributed by atoms with van der Waals surface area (Å²) in [5, 5.41) is 4.83. The van der Waals surface area contributed by atoms with Crippen LogP contribution in [0, 0.1) is 6.92 Å². The molecule has 24 heavy (non-hydrogen) atoms. The maximum atomic E-state index is 12.5. The molecule has 0 aliphatic heterocycles. The smallest absolute Gasteiger partial charge is 0.350 e. The molecule has 0 bridgehead atoms. The molecule has 0 atom stereocenters. The SMILES string of the molecule is Cc1ccsc1CNC(=O)CN(C)Cc1ccc(C(F)(F)F)cc1. The highest BCUT2D eigenvalue weighted by Crippen LogP contribution is 2.29. The fraction of sp³-hybridized carbons (Fsp3) is 0.353. The zero-order valence-corrected chi connectivity index (χ0v) is 14.3. The van der Waals surface area contributed by atoms with Crippen molar-refractivity contribution in [2.45, 2.75) is 26.2 Å². The number of nitrogens with zero attached hydrogens (tertiary/aromatic N) is 1. The van der Waals surface area contributed by atoms with Gasteiger partial charge in [-0.3, -0.25) is 9.69 Å². The first-order chi connectivity index (χ1) is 11.3. The number of hydrogen-bond donors (Lipinski definition) is 1. The van der Waals surface area contributed by atoms with Gasteiger partial charge in [-0.05, 0) is 48.7 Å². The number of carbonyl (C=O) groups excluding carboxylic acids is 1. The number of rotatable bonds is 6. The molecule has 0 spiro atoms. The first-order valence-corrected chi connectivity index (χ1v) is 8.28. The molecule has 7 heteroatoms. The Labute approximate surface area is 143 Å². The van der Waals surface area contributed by atoms with Gasteiger partial charge in [-0.2, -0.15) is 13.2 Å². The lowest BCUT2D eigenvalue weighted by atomic mass is 10.1. The van der Waals surface area contributed by atoms with Crippen molar-refractivity contribution in [2.75, 3.05) is 13.6 Å². The summed E-state index contributed by atoms with van der Waals surface area (Å²) in [5.74, 6) is -0.114. The van der Waals surface area contributed by atoms with Crippen LogP contribution in [0.15, 0.2) is 35.7 Å². The summed E-state index contributed by atoms with van der Waals surface area (Å²) in [7, 11) is 1.76. The third-order valence-electron chi connectivity index (χ3n) is 3.56. The number of nitrogens with one attached hydrogen (secondary N) is 1. The van der Waals surface area contributed by atoms with Crippen LogP contribution in [0.3, 0.4) is 0 Å². The molecule has 0 saturated heterocycles. The zero-order valence-electron chi connectivity index (χ0n) is 13.5. The number of aryl methyl sites for hydroxylation is 1. The molecule has 1 amide bonds. The van der Waals surface area contributed by atoms with Crippen molar-refractivity contribution < 1.29 is 18.0 Å². The van der Waals surface area contributed by atoms with E-state index in [0.29, 0.717) is 13.1 Å². The Balaban J connectivity index is 1.81. The van der Waals surface area contributed by atoms with Gasteiger partial charge in [-0.1, -0.05) is 12.1 Å². The van der Waals surface area contributed by atoms with Crippen LogP contribution in [0.2, 0.25) is 0 Å². The summed E-state index contributed by atoms with van der Waals surface area (Å²) in [5.41, 5.74) is 1.21. The number of carbonyl (C=O) groups is 1. The van der Waals surface area contributed by atoms with Crippen LogP contribution in [0.5, 0.6) is 0 Å². The Morgan fingerprint density at radius 1 is 1.21 bits per heavy atom. The topological polar surface area (TPSA) is 32.3 Å². The van der Waals surface area contributed by atoms with Crippen molar-refractivity contribution in [3.8, 4) is 0 Å². The molecule has 0 aliphatic rings. The summed E-state index contributed by atoms with van der Waals surface area (Å²) in [4.78, 5) is 14.8. The largest absolute Gasteiger partial charge is 0.416 e. The second-order valence-electron chi connectivity index (χ2n) is 5.67. The molecule has 0 radical (unpaired) electrons. The van der Waals surface area contributed by atoms with E-state index in [1.165, 1.54) is 12.1 Å². The molecule has 0 unspecified atom stereocenters. The highest BCUT2D eigenvalue weighted by atomic mass is 32.1. The summed E-state index contributed by atoms with van der Waals surface area (Å²) in [6, 6.07) is 6.99. The van der Waals surface area contributed by atoms with Gasteiger partial charge in [-0.25, -0.2) is 0 Å². The Bertz CT molecular complexity index is 680. The molecular weight excluding hydrogens is 337 g/mol. The first-order valence-electron chi connectivity index (χ1n) is 7.40. The van der Waals surface area contributed by atoms with E-state index >= 15 is 0 Å². The molecule has 0 saturated carbocycles. The van der Waals surface area contributed by atoms with E-state index in [4.69, 9.17) is 0 Å². The molecule has 1 aromatic carbocycles. The molecule has 3 nitrogen and oxygen atoms in total. The van der Waals surface area contributed by atoms with Crippen LogP contribution in [0.25, 0.3) is 0 Å². The minimum absolute atomic E-state index is 0.114. The maximum Gasteiger partial charge on any atom is 0.416 e. The van der Waals surface area contributed by atoms with E-state index in [1.807, 2.05) is 18.4 Å². The maximum absolute atomic E-state index is 12.5. The molecule has 1 heterocycles. The van der Waals surface area contributed by atoms with Gasteiger partial charge in [-0.15, -0.1) is 11.3 Å². The fourth-order valence-corrected chi connectivity index (χ4v) is 3.08. The standard InChI is InChI=1S/C17H19F3N2OS/c1-12-7-8-24-15(12)9-21-16(23)11-22(2)10-13-3-5-14(6-4-13)17(18,19)20/h3-8H,9-11H2,1-2H3,(H,21,23). The molecular formula is C17H19F3N2OS. The molecule has 130 valence electrons. The minimum Gasteiger partial charge on any atom is -0.350 e. The van der Waals surface area contributed by atoms with E-state index in [-0.39, 0.29) is 12.5 Å². The van der Waals surface area contributed by atoms with Crippen molar-refractivity contribution in [3.63, 3.8) is 0 Å². The Hall–Kier alpha value is -1.86. The quantitative estimate of drug-likeness (QED) is 0.853. The molecule has 2 rings (SSSR count). The highest BCUT2D eigenvalue weighted by Gasteiger charge is 2.29. The molecule has 1 N–H and O–H groups in total. The van der Waals surface area contributed by atoms with Crippen LogP contribution in [0.4, 0.5) is 13.2 Å². The van der Waals surface area contributed by atoms with Gasteiger partial charge in [0, 0.05) is 11.4 Å². The summed E-state index contributed by atoms with van der Waals surface area (Å²) >= 11 is 1.60. The minimum atomic E-state index is -4.33. The first kappa shape index (κ1) is 18.5. The van der Waals surface area contributed by atoms with Gasteiger partial charge in [0.1, 0.15) is 0 Å².